The largest absolute Gasteiger partial charge is 0.482 e. The normalized spacial score (nSPS) is 10.0. The molecule has 0 unspecified atom stereocenters. The van der Waals surface area contributed by atoms with Gasteiger partial charge in [-0.3, -0.25) is 9.59 Å². The average molecular weight is 398 g/mol. The number of halogens is 2. The molecule has 0 heterocycles. The Balaban J connectivity index is 1.98. The van der Waals surface area contributed by atoms with E-state index in [1.807, 2.05) is 0 Å². The van der Waals surface area contributed by atoms with Crippen molar-refractivity contribution in [3.8, 4) is 5.75 Å². The molecule has 0 aromatic heterocycles. The van der Waals surface area contributed by atoms with Crippen LogP contribution in [0, 0.1) is 0 Å². The summed E-state index contributed by atoms with van der Waals surface area (Å²) in [6, 6.07) is 12.0. The van der Waals surface area contributed by atoms with Crippen LogP contribution in [0.4, 0.5) is 11.4 Å². The van der Waals surface area contributed by atoms with Gasteiger partial charge in [0.15, 0.2) is 6.61 Å². The van der Waals surface area contributed by atoms with Crippen molar-refractivity contribution in [2.24, 2.45) is 0 Å². The van der Waals surface area contributed by atoms with E-state index in [9.17, 15) is 9.59 Å². The molecule has 2 N–H and O–H groups in total. The summed E-state index contributed by atoms with van der Waals surface area (Å²) in [7, 11) is 0. The standard InChI is InChI=1S/C16H14BrClN2O3/c1-10(21)19-13-4-2-3-5-14(13)20-16(22)9-23-15-7-6-11(17)8-12(15)18/h2-8H,9H2,1H3,(H,19,21)(H,20,22). The first-order valence-electron chi connectivity index (χ1n) is 6.70. The predicted molar refractivity (Wildman–Crippen MR) is 94.0 cm³/mol. The molecule has 23 heavy (non-hydrogen) atoms. The fourth-order valence-electron chi connectivity index (χ4n) is 1.81. The van der Waals surface area contributed by atoms with Crippen molar-refractivity contribution in [1.29, 1.82) is 0 Å². The van der Waals surface area contributed by atoms with E-state index in [1.54, 1.807) is 42.5 Å². The number of carbonyl (C=O) groups excluding carboxylic acids is 2. The molecule has 0 spiro atoms. The van der Waals surface area contributed by atoms with Gasteiger partial charge in [0.1, 0.15) is 5.75 Å². The second-order valence-corrected chi connectivity index (χ2v) is 5.96. The molecule has 2 amide bonds. The van der Waals surface area contributed by atoms with E-state index in [4.69, 9.17) is 16.3 Å². The first-order valence-corrected chi connectivity index (χ1v) is 7.87. The van der Waals surface area contributed by atoms with Gasteiger partial charge in [-0.2, -0.15) is 0 Å². The Labute approximate surface area is 147 Å². The van der Waals surface area contributed by atoms with Gasteiger partial charge in [-0.1, -0.05) is 39.7 Å². The minimum atomic E-state index is -0.359. The maximum Gasteiger partial charge on any atom is 0.262 e. The van der Waals surface area contributed by atoms with E-state index in [1.165, 1.54) is 6.92 Å². The number of para-hydroxylation sites is 2. The van der Waals surface area contributed by atoms with Crippen LogP contribution in [0.5, 0.6) is 5.75 Å². The van der Waals surface area contributed by atoms with Crippen LogP contribution in [0.25, 0.3) is 0 Å². The SMILES string of the molecule is CC(=O)Nc1ccccc1NC(=O)COc1ccc(Br)cc1Cl. The number of amides is 2. The number of carbonyl (C=O) groups is 2. The summed E-state index contributed by atoms with van der Waals surface area (Å²) < 4.78 is 6.22. The maximum absolute atomic E-state index is 12.0. The maximum atomic E-state index is 12.0. The minimum absolute atomic E-state index is 0.199. The lowest BCUT2D eigenvalue weighted by Gasteiger charge is -2.12. The van der Waals surface area contributed by atoms with E-state index in [0.717, 1.165) is 4.47 Å². The van der Waals surface area contributed by atoms with Crippen LogP contribution in [-0.2, 0) is 9.59 Å². The van der Waals surface area contributed by atoms with E-state index in [-0.39, 0.29) is 18.4 Å². The molecule has 0 saturated heterocycles. The van der Waals surface area contributed by atoms with Crippen LogP contribution in [0.1, 0.15) is 6.92 Å². The van der Waals surface area contributed by atoms with Crippen molar-refractivity contribution in [2.75, 3.05) is 17.2 Å². The molecule has 0 atom stereocenters. The number of rotatable bonds is 5. The lowest BCUT2D eigenvalue weighted by molar-refractivity contribution is -0.118. The summed E-state index contributed by atoms with van der Waals surface area (Å²) in [5.41, 5.74) is 1.02. The fraction of sp³-hybridized carbons (Fsp3) is 0.125. The first kappa shape index (κ1) is 17.3. The molecular weight excluding hydrogens is 384 g/mol. The zero-order valence-corrected chi connectivity index (χ0v) is 14.6. The topological polar surface area (TPSA) is 67.4 Å². The van der Waals surface area contributed by atoms with E-state index in [0.29, 0.717) is 22.1 Å². The molecule has 0 bridgehead atoms. The zero-order chi connectivity index (χ0) is 16.8. The number of ether oxygens (including phenoxy) is 1. The Morgan fingerprint density at radius 2 is 1.78 bits per heavy atom. The van der Waals surface area contributed by atoms with Gasteiger partial charge in [0.25, 0.3) is 5.91 Å². The van der Waals surface area contributed by atoms with Gasteiger partial charge < -0.3 is 15.4 Å². The monoisotopic (exact) mass is 396 g/mol. The van der Waals surface area contributed by atoms with Crippen molar-refractivity contribution in [3.63, 3.8) is 0 Å². The molecule has 0 radical (unpaired) electrons. The first-order chi connectivity index (χ1) is 11.0. The number of benzene rings is 2. The second kappa shape index (κ2) is 7.99. The Hall–Kier alpha value is -2.05. The van der Waals surface area contributed by atoms with Gasteiger partial charge >= 0.3 is 0 Å². The minimum Gasteiger partial charge on any atom is -0.482 e. The third-order valence-electron chi connectivity index (χ3n) is 2.76. The van der Waals surface area contributed by atoms with Crippen LogP contribution in [-0.4, -0.2) is 18.4 Å². The lowest BCUT2D eigenvalue weighted by atomic mass is 10.2. The summed E-state index contributed by atoms with van der Waals surface area (Å²) in [6.07, 6.45) is 0. The van der Waals surface area contributed by atoms with Crippen molar-refractivity contribution >= 4 is 50.7 Å². The van der Waals surface area contributed by atoms with Crippen LogP contribution in [0.2, 0.25) is 5.02 Å². The molecule has 2 rings (SSSR count). The van der Waals surface area contributed by atoms with Crippen molar-refractivity contribution in [3.05, 3.63) is 52.0 Å². The molecule has 120 valence electrons. The molecule has 0 aliphatic carbocycles. The van der Waals surface area contributed by atoms with Crippen molar-refractivity contribution in [1.82, 2.24) is 0 Å². The average Bonchev–Trinajstić information content (AvgIpc) is 2.48. The summed E-state index contributed by atoms with van der Waals surface area (Å²) in [4.78, 5) is 23.2. The van der Waals surface area contributed by atoms with Gasteiger partial charge in [-0.25, -0.2) is 0 Å². The number of anilines is 2. The van der Waals surface area contributed by atoms with Gasteiger partial charge in [-0.15, -0.1) is 0 Å². The van der Waals surface area contributed by atoms with Crippen molar-refractivity contribution in [2.45, 2.75) is 6.92 Å². The highest BCUT2D eigenvalue weighted by Gasteiger charge is 2.09. The number of hydrogen-bond acceptors (Lipinski definition) is 3. The summed E-state index contributed by atoms with van der Waals surface area (Å²) in [5, 5.41) is 5.74. The Morgan fingerprint density at radius 1 is 1.13 bits per heavy atom. The van der Waals surface area contributed by atoms with Gasteiger partial charge in [0.2, 0.25) is 5.91 Å². The fourth-order valence-corrected chi connectivity index (χ4v) is 2.54. The van der Waals surface area contributed by atoms with Gasteiger partial charge in [0.05, 0.1) is 16.4 Å². The highest BCUT2D eigenvalue weighted by atomic mass is 79.9. The molecule has 5 nitrogen and oxygen atoms in total. The van der Waals surface area contributed by atoms with Crippen LogP contribution < -0.4 is 15.4 Å². The predicted octanol–water partition coefficient (Wildman–Crippen LogP) is 4.08. The molecule has 2 aromatic rings. The molecule has 2 aromatic carbocycles. The molecule has 0 saturated carbocycles. The summed E-state index contributed by atoms with van der Waals surface area (Å²) in [5.74, 6) is -0.161. The Bertz CT molecular complexity index is 737. The molecular formula is C16H14BrClN2O3. The van der Waals surface area contributed by atoms with E-state index in [2.05, 4.69) is 26.6 Å². The molecule has 0 fully saturated rings. The van der Waals surface area contributed by atoms with Crippen LogP contribution in [0.3, 0.4) is 0 Å². The third-order valence-corrected chi connectivity index (χ3v) is 3.55. The summed E-state index contributed by atoms with van der Waals surface area (Å²) in [6.45, 7) is 1.20. The second-order valence-electron chi connectivity index (χ2n) is 4.64. The third kappa shape index (κ3) is 5.26. The molecule has 7 heteroatoms. The lowest BCUT2D eigenvalue weighted by Crippen LogP contribution is -2.21. The van der Waals surface area contributed by atoms with Gasteiger partial charge in [-0.05, 0) is 30.3 Å². The van der Waals surface area contributed by atoms with Gasteiger partial charge in [0, 0.05) is 11.4 Å². The Kier molecular flexibility index (Phi) is 6.01. The number of nitrogens with one attached hydrogen (secondary N) is 2. The zero-order valence-electron chi connectivity index (χ0n) is 12.2. The highest BCUT2D eigenvalue weighted by molar-refractivity contribution is 9.10. The quantitative estimate of drug-likeness (QED) is 0.799. The Morgan fingerprint density at radius 3 is 2.39 bits per heavy atom. The smallest absolute Gasteiger partial charge is 0.262 e. The molecule has 0 aliphatic rings. The highest BCUT2D eigenvalue weighted by Crippen LogP contribution is 2.27. The summed E-state index contributed by atoms with van der Waals surface area (Å²) >= 11 is 9.32. The van der Waals surface area contributed by atoms with Crippen molar-refractivity contribution < 1.29 is 14.3 Å². The molecule has 0 aliphatic heterocycles. The van der Waals surface area contributed by atoms with Crippen LogP contribution >= 0.6 is 27.5 Å². The number of hydrogen-bond donors (Lipinski definition) is 2. The van der Waals surface area contributed by atoms with E-state index < -0.39 is 0 Å². The van der Waals surface area contributed by atoms with E-state index >= 15 is 0 Å². The van der Waals surface area contributed by atoms with Crippen LogP contribution in [0.15, 0.2) is 46.9 Å².